The fraction of sp³-hybridized carbons (Fsp3) is 0.368. The zero-order valence-corrected chi connectivity index (χ0v) is 17.8. The summed E-state index contributed by atoms with van der Waals surface area (Å²) in [5, 5.41) is 5.13. The Hall–Kier alpha value is -3.66. The van der Waals surface area contributed by atoms with Gasteiger partial charge in [-0.15, -0.1) is 0 Å². The van der Waals surface area contributed by atoms with E-state index in [1.807, 2.05) is 0 Å². The van der Waals surface area contributed by atoms with Gasteiger partial charge in [-0.1, -0.05) is 10.2 Å². The molecule has 0 N–H and O–H groups in total. The van der Waals surface area contributed by atoms with Crippen LogP contribution in [0.5, 0.6) is 0 Å². The van der Waals surface area contributed by atoms with Gasteiger partial charge in [0.1, 0.15) is 11.4 Å². The number of hydrogen-bond acceptors (Lipinski definition) is 6. The Labute approximate surface area is 199 Å². The van der Waals surface area contributed by atoms with Crippen molar-refractivity contribution in [1.29, 1.82) is 0 Å². The number of ether oxygens (including phenoxy) is 4. The smallest absolute Gasteiger partial charge is 0.189 e. The van der Waals surface area contributed by atoms with E-state index in [1.165, 1.54) is 0 Å². The second-order valence-electron chi connectivity index (χ2n) is 7.82. The first kappa shape index (κ1) is 26.4. The van der Waals surface area contributed by atoms with E-state index in [0.29, 0.717) is 0 Å². The molecule has 0 atom stereocenters. The normalized spacial score (nSPS) is 23.5. The first-order chi connectivity index (χ1) is 17.6. The van der Waals surface area contributed by atoms with Crippen LogP contribution in [0, 0.1) is 52.0 Å². The van der Waals surface area contributed by atoms with E-state index in [4.69, 9.17) is 30.0 Å². The van der Waals surface area contributed by atoms with E-state index < -0.39 is 113 Å². The highest BCUT2D eigenvalue weighted by atomic mass is 19.2. The molecule has 2 fully saturated rings. The van der Waals surface area contributed by atoms with Gasteiger partial charge in [-0.25, -0.2) is 35.1 Å². The van der Waals surface area contributed by atoms with Crippen molar-refractivity contribution < 1.29 is 54.1 Å². The number of azide groups is 2. The van der Waals surface area contributed by atoms with Gasteiger partial charge in [0.2, 0.25) is 0 Å². The van der Waals surface area contributed by atoms with Gasteiger partial charge in [0, 0.05) is 9.82 Å². The molecule has 0 saturated carbocycles. The maximum atomic E-state index is 14.4. The Balaban J connectivity index is 1.51. The van der Waals surface area contributed by atoms with Crippen LogP contribution in [0.4, 0.5) is 46.5 Å². The number of nitrogens with zero attached hydrogens (tertiary/aromatic N) is 6. The number of benzene rings is 2. The van der Waals surface area contributed by atoms with Crippen LogP contribution < -0.4 is 0 Å². The molecule has 4 rings (SSSR count). The average molecular weight is 538 g/mol. The third-order valence-electron chi connectivity index (χ3n) is 5.47. The van der Waals surface area contributed by atoms with Crippen molar-refractivity contribution in [3.05, 3.63) is 78.6 Å². The minimum atomic E-state index is -1.98. The van der Waals surface area contributed by atoms with Gasteiger partial charge in [-0.2, -0.15) is 0 Å². The predicted molar refractivity (Wildman–Crippen MR) is 102 cm³/mol. The van der Waals surface area contributed by atoms with Gasteiger partial charge in [0.05, 0.1) is 43.0 Å². The quantitative estimate of drug-likeness (QED) is 0.145. The first-order valence-corrected chi connectivity index (χ1v) is 9.85. The van der Waals surface area contributed by atoms with Crippen molar-refractivity contribution in [1.82, 2.24) is 0 Å². The molecular formula is C19H10F8N6O4. The Kier molecular flexibility index (Phi) is 7.14. The highest BCUT2D eigenvalue weighted by molar-refractivity contribution is 5.46. The third-order valence-corrected chi connectivity index (χ3v) is 5.47. The summed E-state index contributed by atoms with van der Waals surface area (Å²) in [6.45, 7) is -1.91. The molecule has 0 aromatic heterocycles. The van der Waals surface area contributed by atoms with Gasteiger partial charge in [-0.3, -0.25) is 0 Å². The minimum absolute atomic E-state index is 0.478. The van der Waals surface area contributed by atoms with Crippen LogP contribution in [-0.2, 0) is 18.9 Å². The van der Waals surface area contributed by atoms with Crippen LogP contribution in [0.3, 0.4) is 0 Å². The van der Waals surface area contributed by atoms with Crippen LogP contribution in [-0.4, -0.2) is 26.4 Å². The Morgan fingerprint density at radius 3 is 1.05 bits per heavy atom. The summed E-state index contributed by atoms with van der Waals surface area (Å²) in [6.07, 6.45) is -3.92. The Bertz CT molecular complexity index is 1200. The zero-order valence-electron chi connectivity index (χ0n) is 17.8. The summed E-state index contributed by atoms with van der Waals surface area (Å²) >= 11 is 0. The summed E-state index contributed by atoms with van der Waals surface area (Å²) in [5.74, 6) is -15.7. The lowest BCUT2D eigenvalue weighted by Crippen LogP contribution is -2.49. The van der Waals surface area contributed by atoms with Crippen molar-refractivity contribution >= 4 is 11.4 Å². The third kappa shape index (κ3) is 4.39. The van der Waals surface area contributed by atoms with Crippen molar-refractivity contribution in [3.8, 4) is 0 Å². The maximum absolute atomic E-state index is 14.4. The Morgan fingerprint density at radius 1 is 0.541 bits per heavy atom. The summed E-state index contributed by atoms with van der Waals surface area (Å²) < 4.78 is 134. The maximum Gasteiger partial charge on any atom is 0.189 e. The monoisotopic (exact) mass is 538 g/mol. The van der Waals surface area contributed by atoms with Crippen molar-refractivity contribution in [3.63, 3.8) is 0 Å². The predicted octanol–water partition coefficient (Wildman–Crippen LogP) is 6.46. The van der Waals surface area contributed by atoms with Gasteiger partial charge in [-0.05, 0) is 11.1 Å². The summed E-state index contributed by atoms with van der Waals surface area (Å²) in [6, 6.07) is 0. The minimum Gasteiger partial charge on any atom is -0.347 e. The van der Waals surface area contributed by atoms with E-state index in [2.05, 4.69) is 20.1 Å². The molecule has 2 aliphatic heterocycles. The molecule has 0 unspecified atom stereocenters. The largest absolute Gasteiger partial charge is 0.347 e. The molecule has 2 aliphatic rings. The van der Waals surface area contributed by atoms with E-state index in [9.17, 15) is 35.1 Å². The molecule has 0 amide bonds. The molecule has 2 aromatic rings. The van der Waals surface area contributed by atoms with Crippen molar-refractivity contribution in [2.75, 3.05) is 26.4 Å². The fourth-order valence-corrected chi connectivity index (χ4v) is 3.64. The summed E-state index contributed by atoms with van der Waals surface area (Å²) in [7, 11) is 0. The zero-order chi connectivity index (χ0) is 27.1. The Morgan fingerprint density at radius 2 is 0.811 bits per heavy atom. The molecule has 2 aromatic carbocycles. The van der Waals surface area contributed by atoms with Gasteiger partial charge < -0.3 is 18.9 Å². The van der Waals surface area contributed by atoms with E-state index >= 15 is 0 Å². The topological polar surface area (TPSA) is 134 Å². The second-order valence-corrected chi connectivity index (χ2v) is 7.82. The van der Waals surface area contributed by atoms with Gasteiger partial charge in [0.15, 0.2) is 59.1 Å². The van der Waals surface area contributed by atoms with Crippen molar-refractivity contribution in [2.24, 2.45) is 15.6 Å². The second kappa shape index (κ2) is 10.0. The molecular weight excluding hydrogens is 528 g/mol. The van der Waals surface area contributed by atoms with Crippen LogP contribution in [0.25, 0.3) is 20.9 Å². The molecule has 2 heterocycles. The molecule has 196 valence electrons. The van der Waals surface area contributed by atoms with Gasteiger partial charge in [0.25, 0.3) is 0 Å². The molecule has 1 spiro atoms. The van der Waals surface area contributed by atoms with E-state index in [1.54, 1.807) is 0 Å². The number of rotatable bonds is 4. The summed E-state index contributed by atoms with van der Waals surface area (Å²) in [5.41, 5.74) is 9.70. The first-order valence-electron chi connectivity index (χ1n) is 9.85. The number of halogens is 8. The molecule has 18 heteroatoms. The highest BCUT2D eigenvalue weighted by Gasteiger charge is 2.46. The lowest BCUT2D eigenvalue weighted by Gasteiger charge is -2.43. The molecule has 10 nitrogen and oxygen atoms in total. The van der Waals surface area contributed by atoms with E-state index in [0.717, 1.165) is 0 Å². The number of hydrogen-bond donors (Lipinski definition) is 0. The van der Waals surface area contributed by atoms with Crippen LogP contribution >= 0.6 is 0 Å². The molecule has 0 radical (unpaired) electrons. The molecule has 2 saturated heterocycles. The lowest BCUT2D eigenvalue weighted by atomic mass is 9.90. The average Bonchev–Trinajstić information content (AvgIpc) is 2.89. The van der Waals surface area contributed by atoms with Crippen LogP contribution in [0.2, 0.25) is 0 Å². The molecule has 0 bridgehead atoms. The molecule has 0 aliphatic carbocycles. The van der Waals surface area contributed by atoms with Gasteiger partial charge >= 0.3 is 0 Å². The SMILES string of the molecule is [N-]=[N+]=Nc1c(F)c(F)c(C2OCC3(CO2)COC(c2c(F)c(F)c(N=[N+]=[N-])c(F)c2F)OC3)c(F)c1F. The summed E-state index contributed by atoms with van der Waals surface area (Å²) in [4.78, 5) is 4.17. The highest BCUT2D eigenvalue weighted by Crippen LogP contribution is 2.43. The molecule has 37 heavy (non-hydrogen) atoms. The van der Waals surface area contributed by atoms with E-state index in [-0.39, 0.29) is 0 Å². The standard InChI is InChI=1S/C19H10F8N6O4/c20-7-5(8(21)12(25)15(11(7)24)30-32-28)17-34-1-19(2-35-17)3-36-18(37-4-19)6-9(22)13(26)16(31-33-29)14(27)10(6)23/h17-18H,1-4H2. The van der Waals surface area contributed by atoms with Crippen molar-refractivity contribution in [2.45, 2.75) is 12.6 Å². The lowest BCUT2D eigenvalue weighted by molar-refractivity contribution is -0.309. The van der Waals surface area contributed by atoms with Crippen LogP contribution in [0.1, 0.15) is 23.7 Å². The van der Waals surface area contributed by atoms with Crippen LogP contribution in [0.15, 0.2) is 10.2 Å². The fourth-order valence-electron chi connectivity index (χ4n) is 3.64.